The number of fused-ring (bicyclic) bond motifs is 1. The van der Waals surface area contributed by atoms with Gasteiger partial charge in [-0.2, -0.15) is 5.26 Å². The van der Waals surface area contributed by atoms with Gasteiger partial charge in [-0.1, -0.05) is 38.0 Å². The third-order valence-corrected chi connectivity index (χ3v) is 5.78. The molecule has 0 bridgehead atoms. The van der Waals surface area contributed by atoms with Crippen LogP contribution in [0, 0.1) is 28.9 Å². The van der Waals surface area contributed by atoms with Crippen molar-refractivity contribution < 1.29 is 8.78 Å². The SMILES string of the molecule is CCCCCc1ccc(CCC2CCc3c(ccc(C#N)c3F)C2)c(F)c1. The minimum atomic E-state index is -0.349. The predicted molar refractivity (Wildman–Crippen MR) is 105 cm³/mol. The topological polar surface area (TPSA) is 23.8 Å². The molecule has 0 aliphatic heterocycles. The van der Waals surface area contributed by atoms with E-state index in [0.29, 0.717) is 17.9 Å². The van der Waals surface area contributed by atoms with Crippen LogP contribution in [0.15, 0.2) is 30.3 Å². The zero-order chi connectivity index (χ0) is 19.2. The number of nitrogens with zero attached hydrogens (tertiary/aromatic N) is 1. The van der Waals surface area contributed by atoms with Crippen molar-refractivity contribution in [2.75, 3.05) is 0 Å². The molecular formula is C24H27F2N. The van der Waals surface area contributed by atoms with Crippen LogP contribution in [0.25, 0.3) is 0 Å². The van der Waals surface area contributed by atoms with E-state index in [9.17, 15) is 8.78 Å². The molecule has 0 heterocycles. The average Bonchev–Trinajstić information content (AvgIpc) is 2.68. The van der Waals surface area contributed by atoms with Gasteiger partial charge in [0.15, 0.2) is 0 Å². The number of unbranched alkanes of at least 4 members (excludes halogenated alkanes) is 2. The minimum Gasteiger partial charge on any atom is -0.207 e. The average molecular weight is 367 g/mol. The van der Waals surface area contributed by atoms with Crippen LogP contribution in [-0.2, 0) is 25.7 Å². The van der Waals surface area contributed by atoms with Crippen LogP contribution in [0.4, 0.5) is 8.78 Å². The molecule has 0 radical (unpaired) electrons. The zero-order valence-electron chi connectivity index (χ0n) is 16.0. The lowest BCUT2D eigenvalue weighted by molar-refractivity contribution is 0.415. The molecule has 1 unspecified atom stereocenters. The van der Waals surface area contributed by atoms with Gasteiger partial charge in [0.05, 0.1) is 5.56 Å². The molecule has 0 saturated heterocycles. The van der Waals surface area contributed by atoms with Crippen LogP contribution in [0.2, 0.25) is 0 Å². The van der Waals surface area contributed by atoms with E-state index >= 15 is 0 Å². The maximum atomic E-state index is 14.4. The maximum Gasteiger partial charge on any atom is 0.144 e. The van der Waals surface area contributed by atoms with Gasteiger partial charge in [0.25, 0.3) is 0 Å². The van der Waals surface area contributed by atoms with Gasteiger partial charge in [0, 0.05) is 0 Å². The molecule has 3 heteroatoms. The van der Waals surface area contributed by atoms with Gasteiger partial charge >= 0.3 is 0 Å². The largest absolute Gasteiger partial charge is 0.207 e. The van der Waals surface area contributed by atoms with E-state index < -0.39 is 0 Å². The lowest BCUT2D eigenvalue weighted by Crippen LogP contribution is -2.17. The fraction of sp³-hybridized carbons (Fsp3) is 0.458. The van der Waals surface area contributed by atoms with E-state index in [1.807, 2.05) is 18.2 Å². The summed E-state index contributed by atoms with van der Waals surface area (Å²) in [5.41, 5.74) is 3.71. The maximum absolute atomic E-state index is 14.4. The quantitative estimate of drug-likeness (QED) is 0.526. The lowest BCUT2D eigenvalue weighted by Gasteiger charge is -2.25. The van der Waals surface area contributed by atoms with Crippen molar-refractivity contribution in [1.29, 1.82) is 5.26 Å². The fourth-order valence-electron chi connectivity index (χ4n) is 4.10. The van der Waals surface area contributed by atoms with E-state index in [4.69, 9.17) is 5.26 Å². The molecule has 0 aromatic heterocycles. The highest BCUT2D eigenvalue weighted by Gasteiger charge is 2.23. The molecule has 3 rings (SSSR count). The monoisotopic (exact) mass is 367 g/mol. The van der Waals surface area contributed by atoms with Crippen molar-refractivity contribution in [2.45, 2.75) is 64.7 Å². The highest BCUT2D eigenvalue weighted by molar-refractivity contribution is 5.41. The molecule has 142 valence electrons. The van der Waals surface area contributed by atoms with Crippen LogP contribution >= 0.6 is 0 Å². The van der Waals surface area contributed by atoms with E-state index in [1.165, 1.54) is 12.8 Å². The Morgan fingerprint density at radius 1 is 1.11 bits per heavy atom. The van der Waals surface area contributed by atoms with E-state index in [-0.39, 0.29) is 17.2 Å². The summed E-state index contributed by atoms with van der Waals surface area (Å²) < 4.78 is 28.7. The van der Waals surface area contributed by atoms with Crippen LogP contribution in [0.3, 0.4) is 0 Å². The van der Waals surface area contributed by atoms with Gasteiger partial charge in [-0.25, -0.2) is 8.78 Å². The second-order valence-corrected chi connectivity index (χ2v) is 7.71. The Kier molecular flexibility index (Phi) is 6.61. The van der Waals surface area contributed by atoms with Gasteiger partial charge in [-0.3, -0.25) is 0 Å². The first-order valence-electron chi connectivity index (χ1n) is 10.1. The van der Waals surface area contributed by atoms with Crippen molar-refractivity contribution in [1.82, 2.24) is 0 Å². The number of benzene rings is 2. The lowest BCUT2D eigenvalue weighted by atomic mass is 9.80. The number of rotatable bonds is 7. The van der Waals surface area contributed by atoms with Gasteiger partial charge in [-0.15, -0.1) is 0 Å². The van der Waals surface area contributed by atoms with Gasteiger partial charge < -0.3 is 0 Å². The van der Waals surface area contributed by atoms with Crippen LogP contribution in [0.5, 0.6) is 0 Å². The second-order valence-electron chi connectivity index (χ2n) is 7.71. The van der Waals surface area contributed by atoms with Crippen molar-refractivity contribution in [3.8, 4) is 6.07 Å². The van der Waals surface area contributed by atoms with Gasteiger partial charge in [0.2, 0.25) is 0 Å². The molecule has 1 aliphatic carbocycles. The molecule has 0 spiro atoms. The summed E-state index contributed by atoms with van der Waals surface area (Å²) in [7, 11) is 0. The number of nitriles is 1. The number of hydrogen-bond acceptors (Lipinski definition) is 1. The Morgan fingerprint density at radius 3 is 2.70 bits per heavy atom. The third-order valence-electron chi connectivity index (χ3n) is 5.78. The Balaban J connectivity index is 1.58. The Hall–Kier alpha value is -2.21. The predicted octanol–water partition coefficient (Wildman–Crippen LogP) is 6.31. The van der Waals surface area contributed by atoms with Crippen molar-refractivity contribution in [3.05, 3.63) is 69.8 Å². The highest BCUT2D eigenvalue weighted by Crippen LogP contribution is 2.31. The van der Waals surface area contributed by atoms with Crippen LogP contribution < -0.4 is 0 Å². The summed E-state index contributed by atoms with van der Waals surface area (Å²) >= 11 is 0. The van der Waals surface area contributed by atoms with Crippen molar-refractivity contribution in [3.63, 3.8) is 0 Å². The smallest absolute Gasteiger partial charge is 0.144 e. The minimum absolute atomic E-state index is 0.0927. The molecule has 27 heavy (non-hydrogen) atoms. The first kappa shape index (κ1) is 19.5. The number of hydrogen-bond donors (Lipinski definition) is 0. The summed E-state index contributed by atoms with van der Waals surface area (Å²) in [5, 5.41) is 8.96. The zero-order valence-corrected chi connectivity index (χ0v) is 16.0. The fourth-order valence-corrected chi connectivity index (χ4v) is 4.10. The summed E-state index contributed by atoms with van der Waals surface area (Å²) in [6.45, 7) is 2.17. The van der Waals surface area contributed by atoms with E-state index in [2.05, 4.69) is 13.0 Å². The number of halogens is 2. The standard InChI is InChI=1S/C24H27F2N/c1-2-3-4-5-17-6-9-19(23(25)15-17)10-7-18-8-13-22-20(14-18)11-12-21(16-27)24(22)26/h6,9,11-12,15,18H,2-5,7-8,10,13-14H2,1H3. The molecule has 0 fully saturated rings. The molecule has 2 aromatic carbocycles. The van der Waals surface area contributed by atoms with Crippen molar-refractivity contribution >= 4 is 0 Å². The molecule has 0 N–H and O–H groups in total. The third kappa shape index (κ3) is 4.75. The van der Waals surface area contributed by atoms with Crippen LogP contribution in [0.1, 0.15) is 66.8 Å². The summed E-state index contributed by atoms with van der Waals surface area (Å²) in [4.78, 5) is 0. The second kappa shape index (κ2) is 9.13. The van der Waals surface area contributed by atoms with E-state index in [0.717, 1.165) is 55.2 Å². The summed E-state index contributed by atoms with van der Waals surface area (Å²) in [5.74, 6) is -0.00321. The molecular weight excluding hydrogens is 340 g/mol. The van der Waals surface area contributed by atoms with Gasteiger partial charge in [0.1, 0.15) is 17.7 Å². The van der Waals surface area contributed by atoms with Crippen LogP contribution in [-0.4, -0.2) is 0 Å². The first-order chi connectivity index (χ1) is 13.1. The summed E-state index contributed by atoms with van der Waals surface area (Å²) in [6, 6.07) is 11.1. The van der Waals surface area contributed by atoms with Crippen molar-refractivity contribution in [2.24, 2.45) is 5.92 Å². The summed E-state index contributed by atoms with van der Waals surface area (Å²) in [6.07, 6.45) is 8.43. The molecule has 0 amide bonds. The normalized spacial score (nSPS) is 16.0. The Labute approximate surface area is 161 Å². The van der Waals surface area contributed by atoms with Gasteiger partial charge in [-0.05, 0) is 85.3 Å². The Morgan fingerprint density at radius 2 is 1.96 bits per heavy atom. The Bertz CT molecular complexity index is 835. The number of aryl methyl sites for hydroxylation is 2. The molecule has 1 aliphatic rings. The molecule has 2 aromatic rings. The van der Waals surface area contributed by atoms with E-state index in [1.54, 1.807) is 12.1 Å². The first-order valence-corrected chi connectivity index (χ1v) is 10.1. The molecule has 1 nitrogen and oxygen atoms in total. The molecule has 0 saturated carbocycles. The highest BCUT2D eigenvalue weighted by atomic mass is 19.1. The molecule has 1 atom stereocenters.